The van der Waals surface area contributed by atoms with Crippen molar-refractivity contribution in [2.24, 2.45) is 0 Å². The molecule has 0 heterocycles. The largest absolute Gasteiger partial charge is 0.378 e. The minimum atomic E-state index is 0.411. The molecule has 0 aromatic carbocycles. The van der Waals surface area contributed by atoms with Gasteiger partial charge in [-0.3, -0.25) is 0 Å². The first kappa shape index (κ1) is 23.4. The summed E-state index contributed by atoms with van der Waals surface area (Å²) < 4.78 is 6.15. The van der Waals surface area contributed by atoms with Crippen molar-refractivity contribution < 1.29 is 9.53 Å². The molecule has 0 aromatic rings. The summed E-state index contributed by atoms with van der Waals surface area (Å²) >= 11 is 0. The normalized spacial score (nSPS) is 12.8. The molecule has 0 radical (unpaired) electrons. The summed E-state index contributed by atoms with van der Waals surface area (Å²) in [6, 6.07) is 0. The molecule has 0 bridgehead atoms. The van der Waals surface area contributed by atoms with E-state index in [9.17, 15) is 4.79 Å². The maximum Gasteiger partial charge on any atom is 0.119 e. The second-order valence-corrected chi connectivity index (χ2v) is 6.92. The third-order valence-electron chi connectivity index (χ3n) is 4.58. The lowest BCUT2D eigenvalue weighted by Gasteiger charge is -2.18. The summed E-state index contributed by atoms with van der Waals surface area (Å²) in [7, 11) is 0. The predicted octanol–water partition coefficient (Wildman–Crippen LogP) is 7.02. The maximum absolute atomic E-state index is 10.4. The van der Waals surface area contributed by atoms with Crippen molar-refractivity contribution in [3.05, 3.63) is 12.2 Å². The van der Waals surface area contributed by atoms with Gasteiger partial charge in [0.1, 0.15) is 6.29 Å². The molecule has 0 N–H and O–H groups in total. The molecular weight excluding hydrogens is 296 g/mol. The van der Waals surface area contributed by atoms with Gasteiger partial charge in [-0.15, -0.1) is 0 Å². The first-order chi connectivity index (χ1) is 11.8. The van der Waals surface area contributed by atoms with E-state index in [1.54, 1.807) is 0 Å². The van der Waals surface area contributed by atoms with E-state index < -0.39 is 0 Å². The number of carbonyl (C=O) groups is 1. The van der Waals surface area contributed by atoms with Crippen molar-refractivity contribution in [3.8, 4) is 0 Å². The van der Waals surface area contributed by atoms with E-state index >= 15 is 0 Å². The molecule has 0 aliphatic rings. The first-order valence-electron chi connectivity index (χ1n) is 10.5. The van der Waals surface area contributed by atoms with Crippen LogP contribution in [0.5, 0.6) is 0 Å². The van der Waals surface area contributed by atoms with Crippen LogP contribution >= 0.6 is 0 Å². The first-order valence-corrected chi connectivity index (χ1v) is 10.5. The molecule has 0 spiro atoms. The van der Waals surface area contributed by atoms with Gasteiger partial charge in [-0.25, -0.2) is 0 Å². The smallest absolute Gasteiger partial charge is 0.119 e. The molecule has 1 unspecified atom stereocenters. The van der Waals surface area contributed by atoms with Crippen LogP contribution in [0.1, 0.15) is 110 Å². The number of rotatable bonds is 19. The van der Waals surface area contributed by atoms with Crippen LogP contribution in [-0.4, -0.2) is 19.0 Å². The Kier molecular flexibility index (Phi) is 19.9. The van der Waals surface area contributed by atoms with E-state index in [1.165, 1.54) is 70.6 Å². The van der Waals surface area contributed by atoms with Gasteiger partial charge in [0.15, 0.2) is 0 Å². The van der Waals surface area contributed by atoms with Gasteiger partial charge < -0.3 is 9.53 Å². The summed E-state index contributed by atoms with van der Waals surface area (Å²) in [6.45, 7) is 5.27. The van der Waals surface area contributed by atoms with Gasteiger partial charge >= 0.3 is 0 Å². The molecule has 2 nitrogen and oxygen atoms in total. The molecule has 0 aromatic heterocycles. The van der Waals surface area contributed by atoms with Crippen molar-refractivity contribution in [2.75, 3.05) is 6.61 Å². The van der Waals surface area contributed by atoms with Crippen LogP contribution in [0.25, 0.3) is 0 Å². The summed E-state index contributed by atoms with van der Waals surface area (Å²) in [6.07, 6.45) is 24.0. The molecule has 0 aliphatic heterocycles. The van der Waals surface area contributed by atoms with Crippen LogP contribution in [0.4, 0.5) is 0 Å². The maximum atomic E-state index is 10.4. The molecule has 2 heteroatoms. The average Bonchev–Trinajstić information content (AvgIpc) is 2.60. The fourth-order valence-corrected chi connectivity index (χ4v) is 3.02. The van der Waals surface area contributed by atoms with Gasteiger partial charge in [0.25, 0.3) is 0 Å². The SMILES string of the molecule is C/C=C\CCCCCC(CCCCC=O)OCCCCCCCC. The van der Waals surface area contributed by atoms with Crippen molar-refractivity contribution in [1.29, 1.82) is 0 Å². The number of allylic oxidation sites excluding steroid dienone is 2. The van der Waals surface area contributed by atoms with Crippen LogP contribution in [0, 0.1) is 0 Å². The third kappa shape index (κ3) is 17.7. The molecule has 142 valence electrons. The van der Waals surface area contributed by atoms with Crippen LogP contribution < -0.4 is 0 Å². The number of ether oxygens (including phenoxy) is 1. The number of unbranched alkanes of at least 4 members (excludes halogenated alkanes) is 10. The molecular formula is C22H42O2. The zero-order valence-electron chi connectivity index (χ0n) is 16.4. The van der Waals surface area contributed by atoms with Gasteiger partial charge in [0, 0.05) is 13.0 Å². The average molecular weight is 339 g/mol. The highest BCUT2D eigenvalue weighted by molar-refractivity contribution is 5.48. The molecule has 24 heavy (non-hydrogen) atoms. The van der Waals surface area contributed by atoms with Crippen LogP contribution in [0.2, 0.25) is 0 Å². The minimum Gasteiger partial charge on any atom is -0.378 e. The van der Waals surface area contributed by atoms with Crippen LogP contribution in [-0.2, 0) is 9.53 Å². The van der Waals surface area contributed by atoms with E-state index in [2.05, 4.69) is 26.0 Å². The molecule has 1 atom stereocenters. The highest BCUT2D eigenvalue weighted by Gasteiger charge is 2.08. The standard InChI is InChI=1S/C22H42O2/c1-3-5-7-9-11-14-18-22(19-15-13-16-20-23)24-21-17-12-10-8-6-4-2/h3,5,20,22H,4,6-19,21H2,1-2H3/b5-3-. The van der Waals surface area contributed by atoms with E-state index in [1.807, 2.05) is 0 Å². The molecule has 0 rings (SSSR count). The fraction of sp³-hybridized carbons (Fsp3) is 0.864. The third-order valence-corrected chi connectivity index (χ3v) is 4.58. The monoisotopic (exact) mass is 338 g/mol. The molecule has 0 amide bonds. The molecule has 0 aliphatic carbocycles. The van der Waals surface area contributed by atoms with E-state index in [4.69, 9.17) is 4.74 Å². The molecule has 0 saturated heterocycles. The highest BCUT2D eigenvalue weighted by Crippen LogP contribution is 2.16. The lowest BCUT2D eigenvalue weighted by molar-refractivity contribution is -0.108. The van der Waals surface area contributed by atoms with Crippen molar-refractivity contribution in [2.45, 2.75) is 116 Å². The van der Waals surface area contributed by atoms with Crippen molar-refractivity contribution >= 4 is 6.29 Å². The summed E-state index contributed by atoms with van der Waals surface area (Å²) in [4.78, 5) is 10.4. The van der Waals surface area contributed by atoms with Gasteiger partial charge in [-0.05, 0) is 45.4 Å². The van der Waals surface area contributed by atoms with Gasteiger partial charge in [-0.1, -0.05) is 70.4 Å². The molecule has 0 saturated carbocycles. The number of aldehydes is 1. The second-order valence-electron chi connectivity index (χ2n) is 6.92. The fourth-order valence-electron chi connectivity index (χ4n) is 3.02. The van der Waals surface area contributed by atoms with E-state index in [0.29, 0.717) is 12.5 Å². The van der Waals surface area contributed by atoms with Crippen LogP contribution in [0.3, 0.4) is 0 Å². The lowest BCUT2D eigenvalue weighted by atomic mass is 10.0. The quantitative estimate of drug-likeness (QED) is 0.144. The van der Waals surface area contributed by atoms with E-state index in [-0.39, 0.29) is 0 Å². The lowest BCUT2D eigenvalue weighted by Crippen LogP contribution is -2.14. The van der Waals surface area contributed by atoms with Crippen molar-refractivity contribution in [1.82, 2.24) is 0 Å². The summed E-state index contributed by atoms with van der Waals surface area (Å²) in [5.74, 6) is 0. The Morgan fingerprint density at radius 1 is 0.792 bits per heavy atom. The van der Waals surface area contributed by atoms with Gasteiger partial charge in [0.05, 0.1) is 6.10 Å². The van der Waals surface area contributed by atoms with E-state index in [0.717, 1.165) is 32.2 Å². The number of hydrogen-bond donors (Lipinski definition) is 0. The van der Waals surface area contributed by atoms with Gasteiger partial charge in [-0.2, -0.15) is 0 Å². The highest BCUT2D eigenvalue weighted by atomic mass is 16.5. The second kappa shape index (κ2) is 20.4. The summed E-state index contributed by atoms with van der Waals surface area (Å²) in [5, 5.41) is 0. The Bertz CT molecular complexity index is 273. The zero-order chi connectivity index (χ0) is 17.7. The number of carbonyl (C=O) groups excluding carboxylic acids is 1. The Morgan fingerprint density at radius 2 is 1.42 bits per heavy atom. The topological polar surface area (TPSA) is 26.3 Å². The zero-order valence-corrected chi connectivity index (χ0v) is 16.4. The van der Waals surface area contributed by atoms with Crippen molar-refractivity contribution in [3.63, 3.8) is 0 Å². The Morgan fingerprint density at radius 3 is 2.12 bits per heavy atom. The minimum absolute atomic E-state index is 0.411. The molecule has 0 fully saturated rings. The number of hydrogen-bond acceptors (Lipinski definition) is 2. The Hall–Kier alpha value is -0.630. The summed E-state index contributed by atoms with van der Waals surface area (Å²) in [5.41, 5.74) is 0. The van der Waals surface area contributed by atoms with Gasteiger partial charge in [0.2, 0.25) is 0 Å². The predicted molar refractivity (Wildman–Crippen MR) is 106 cm³/mol. The Balaban J connectivity index is 3.76. The Labute approximate surface area is 151 Å². The van der Waals surface area contributed by atoms with Crippen LogP contribution in [0.15, 0.2) is 12.2 Å².